The number of aryl methyl sites for hydroxylation is 2. The van der Waals surface area contributed by atoms with Crippen LogP contribution in [-0.4, -0.2) is 14.2 Å². The predicted molar refractivity (Wildman–Crippen MR) is 83.6 cm³/mol. The monoisotopic (exact) mass is 308 g/mol. The molecule has 1 aromatic carbocycles. The quantitative estimate of drug-likeness (QED) is 0.770. The molecule has 0 saturated heterocycles. The highest BCUT2D eigenvalue weighted by Crippen LogP contribution is 2.42. The van der Waals surface area contributed by atoms with Crippen LogP contribution in [0.1, 0.15) is 32.7 Å². The van der Waals surface area contributed by atoms with Crippen molar-refractivity contribution in [2.45, 2.75) is 24.6 Å². The lowest BCUT2D eigenvalue weighted by Crippen LogP contribution is -1.97. The normalized spacial score (nSPS) is 14.9. The van der Waals surface area contributed by atoms with E-state index in [1.54, 1.807) is 14.2 Å². The molecule has 0 saturated carbocycles. The van der Waals surface area contributed by atoms with E-state index in [4.69, 9.17) is 21.1 Å². The van der Waals surface area contributed by atoms with Crippen molar-refractivity contribution in [1.29, 1.82) is 0 Å². The highest BCUT2D eigenvalue weighted by atomic mass is 35.5. The maximum absolute atomic E-state index is 6.67. The number of halogens is 1. The highest BCUT2D eigenvalue weighted by Gasteiger charge is 2.22. The summed E-state index contributed by atoms with van der Waals surface area (Å²) in [6, 6.07) is 8.05. The summed E-state index contributed by atoms with van der Waals surface area (Å²) in [5, 5.41) is -0.161. The van der Waals surface area contributed by atoms with E-state index in [9.17, 15) is 0 Å². The van der Waals surface area contributed by atoms with E-state index in [1.807, 2.05) is 29.5 Å². The van der Waals surface area contributed by atoms with E-state index in [1.165, 1.54) is 34.6 Å². The Balaban J connectivity index is 1.94. The zero-order valence-electron chi connectivity index (χ0n) is 11.6. The van der Waals surface area contributed by atoms with Crippen molar-refractivity contribution < 1.29 is 9.47 Å². The zero-order valence-corrected chi connectivity index (χ0v) is 13.2. The Kier molecular flexibility index (Phi) is 3.90. The summed E-state index contributed by atoms with van der Waals surface area (Å²) in [6.07, 6.45) is 3.67. The molecule has 0 aliphatic heterocycles. The third kappa shape index (κ3) is 2.40. The molecule has 0 spiro atoms. The van der Waals surface area contributed by atoms with Crippen LogP contribution < -0.4 is 9.47 Å². The average molecular weight is 309 g/mol. The number of rotatable bonds is 4. The molecule has 2 nitrogen and oxygen atoms in total. The van der Waals surface area contributed by atoms with Crippen molar-refractivity contribution in [2.75, 3.05) is 14.2 Å². The lowest BCUT2D eigenvalue weighted by Gasteiger charge is -2.14. The number of thiophene rings is 1. The maximum Gasteiger partial charge on any atom is 0.127 e. The molecule has 0 radical (unpaired) electrons. The Morgan fingerprint density at radius 1 is 1.15 bits per heavy atom. The first kappa shape index (κ1) is 13.8. The number of alkyl halides is 1. The molecule has 1 unspecified atom stereocenters. The molecule has 1 aliphatic carbocycles. The van der Waals surface area contributed by atoms with Crippen LogP contribution in [0.2, 0.25) is 0 Å². The van der Waals surface area contributed by atoms with Gasteiger partial charge >= 0.3 is 0 Å². The van der Waals surface area contributed by atoms with Crippen LogP contribution in [-0.2, 0) is 12.8 Å². The Hall–Kier alpha value is -1.19. The molecule has 1 heterocycles. The summed E-state index contributed by atoms with van der Waals surface area (Å²) in [4.78, 5) is 2.71. The van der Waals surface area contributed by atoms with Gasteiger partial charge < -0.3 is 9.47 Å². The lowest BCUT2D eigenvalue weighted by atomic mass is 10.1. The van der Waals surface area contributed by atoms with Gasteiger partial charge in [0.1, 0.15) is 11.5 Å². The minimum Gasteiger partial charge on any atom is -0.497 e. The van der Waals surface area contributed by atoms with Crippen molar-refractivity contribution in [3.8, 4) is 11.5 Å². The maximum atomic E-state index is 6.67. The zero-order chi connectivity index (χ0) is 14.1. The van der Waals surface area contributed by atoms with Crippen molar-refractivity contribution in [3.05, 3.63) is 45.1 Å². The summed E-state index contributed by atoms with van der Waals surface area (Å²) < 4.78 is 10.7. The molecule has 4 heteroatoms. The number of ether oxygens (including phenoxy) is 2. The van der Waals surface area contributed by atoms with Crippen LogP contribution in [0.15, 0.2) is 24.3 Å². The van der Waals surface area contributed by atoms with Gasteiger partial charge in [0.05, 0.1) is 19.6 Å². The standard InChI is InChI=1S/C16H17ClO2S/c1-18-11-6-7-12(13(9-11)19-2)16(17)15-8-10-4-3-5-14(10)20-15/h6-9,16H,3-5H2,1-2H3. The Morgan fingerprint density at radius 3 is 2.70 bits per heavy atom. The molecule has 20 heavy (non-hydrogen) atoms. The molecule has 0 amide bonds. The van der Waals surface area contributed by atoms with Crippen molar-refractivity contribution in [1.82, 2.24) is 0 Å². The van der Waals surface area contributed by atoms with Gasteiger partial charge in [-0.3, -0.25) is 0 Å². The lowest BCUT2D eigenvalue weighted by molar-refractivity contribution is 0.391. The van der Waals surface area contributed by atoms with Gasteiger partial charge in [-0.1, -0.05) is 0 Å². The van der Waals surface area contributed by atoms with E-state index in [0.717, 1.165) is 17.1 Å². The molecule has 106 valence electrons. The van der Waals surface area contributed by atoms with Crippen molar-refractivity contribution in [2.24, 2.45) is 0 Å². The molecule has 2 aromatic rings. The minimum atomic E-state index is -0.161. The topological polar surface area (TPSA) is 18.5 Å². The second-order valence-corrected chi connectivity index (χ2v) is 6.53. The van der Waals surface area contributed by atoms with E-state index >= 15 is 0 Å². The molecule has 1 aromatic heterocycles. The highest BCUT2D eigenvalue weighted by molar-refractivity contribution is 7.12. The first-order chi connectivity index (χ1) is 9.72. The summed E-state index contributed by atoms with van der Waals surface area (Å²) in [5.41, 5.74) is 2.47. The fraction of sp³-hybridized carbons (Fsp3) is 0.375. The van der Waals surface area contributed by atoms with Gasteiger partial charge in [0, 0.05) is 21.4 Å². The number of methoxy groups -OCH3 is 2. The first-order valence-electron chi connectivity index (χ1n) is 6.70. The van der Waals surface area contributed by atoms with Crippen LogP contribution >= 0.6 is 22.9 Å². The molecular formula is C16H17ClO2S. The SMILES string of the molecule is COc1ccc(C(Cl)c2cc3c(s2)CCC3)c(OC)c1. The Labute approximate surface area is 128 Å². The molecular weight excluding hydrogens is 292 g/mol. The van der Waals surface area contributed by atoms with Crippen LogP contribution in [0.3, 0.4) is 0 Å². The number of hydrogen-bond acceptors (Lipinski definition) is 3. The second-order valence-electron chi connectivity index (χ2n) is 4.92. The number of fused-ring (bicyclic) bond motifs is 1. The van der Waals surface area contributed by atoms with Crippen LogP contribution in [0.5, 0.6) is 11.5 Å². The van der Waals surface area contributed by atoms with Gasteiger partial charge in [-0.15, -0.1) is 22.9 Å². The van der Waals surface area contributed by atoms with E-state index in [-0.39, 0.29) is 5.38 Å². The summed E-state index contributed by atoms with van der Waals surface area (Å²) in [5.74, 6) is 1.56. The van der Waals surface area contributed by atoms with E-state index in [2.05, 4.69) is 6.07 Å². The van der Waals surface area contributed by atoms with Crippen LogP contribution in [0, 0.1) is 0 Å². The van der Waals surface area contributed by atoms with E-state index < -0.39 is 0 Å². The molecule has 0 bridgehead atoms. The molecule has 0 fully saturated rings. The Bertz CT molecular complexity index is 599. The minimum absolute atomic E-state index is 0.161. The number of hydrogen-bond donors (Lipinski definition) is 0. The fourth-order valence-electron chi connectivity index (χ4n) is 2.66. The first-order valence-corrected chi connectivity index (χ1v) is 7.95. The number of benzene rings is 1. The van der Waals surface area contributed by atoms with Crippen LogP contribution in [0.4, 0.5) is 0 Å². The smallest absolute Gasteiger partial charge is 0.127 e. The average Bonchev–Trinajstić information content (AvgIpc) is 3.07. The molecule has 3 rings (SSSR count). The van der Waals surface area contributed by atoms with Gasteiger partial charge in [-0.25, -0.2) is 0 Å². The fourth-order valence-corrected chi connectivity index (χ4v) is 4.29. The largest absolute Gasteiger partial charge is 0.497 e. The van der Waals surface area contributed by atoms with Crippen LogP contribution in [0.25, 0.3) is 0 Å². The molecule has 1 aliphatic rings. The van der Waals surface area contributed by atoms with E-state index in [0.29, 0.717) is 0 Å². The van der Waals surface area contributed by atoms with Crippen molar-refractivity contribution in [3.63, 3.8) is 0 Å². The van der Waals surface area contributed by atoms with Gasteiger partial charge in [0.2, 0.25) is 0 Å². The summed E-state index contributed by atoms with van der Waals surface area (Å²) in [6.45, 7) is 0. The summed E-state index contributed by atoms with van der Waals surface area (Å²) >= 11 is 8.50. The van der Waals surface area contributed by atoms with Gasteiger partial charge in [0.25, 0.3) is 0 Å². The second kappa shape index (κ2) is 5.66. The van der Waals surface area contributed by atoms with Gasteiger partial charge in [0.15, 0.2) is 0 Å². The third-order valence-corrected chi connectivity index (χ3v) is 5.63. The predicted octanol–water partition coefficient (Wildman–Crippen LogP) is 4.58. The van der Waals surface area contributed by atoms with Crippen molar-refractivity contribution >= 4 is 22.9 Å². The molecule has 0 N–H and O–H groups in total. The molecule has 1 atom stereocenters. The van der Waals surface area contributed by atoms with Gasteiger partial charge in [-0.2, -0.15) is 0 Å². The Morgan fingerprint density at radius 2 is 2.00 bits per heavy atom. The summed E-state index contributed by atoms with van der Waals surface area (Å²) in [7, 11) is 3.31. The van der Waals surface area contributed by atoms with Gasteiger partial charge in [-0.05, 0) is 43.0 Å². The third-order valence-electron chi connectivity index (χ3n) is 3.73.